The Kier molecular flexibility index (Phi) is 4.06. The lowest BCUT2D eigenvalue weighted by Gasteiger charge is -2.34. The summed E-state index contributed by atoms with van der Waals surface area (Å²) >= 11 is 0. The summed E-state index contributed by atoms with van der Waals surface area (Å²) in [5.41, 5.74) is 0. The van der Waals surface area contributed by atoms with Gasteiger partial charge in [-0.1, -0.05) is 0 Å². The molecule has 0 radical (unpaired) electrons. The molecule has 1 aromatic heterocycles. The van der Waals surface area contributed by atoms with Crippen molar-refractivity contribution in [1.29, 1.82) is 0 Å². The van der Waals surface area contributed by atoms with Gasteiger partial charge in [0.15, 0.2) is 5.03 Å². The van der Waals surface area contributed by atoms with Crippen molar-refractivity contribution in [2.75, 3.05) is 39.3 Å². The highest BCUT2D eigenvalue weighted by Crippen LogP contribution is 2.17. The number of H-pyrrole nitrogens is 1. The third kappa shape index (κ3) is 2.88. The van der Waals surface area contributed by atoms with E-state index in [0.29, 0.717) is 19.2 Å². The number of hydrogen-bond donors (Lipinski definition) is 1. The summed E-state index contributed by atoms with van der Waals surface area (Å²) in [7, 11) is -3.41. The highest BCUT2D eigenvalue weighted by Gasteiger charge is 2.30. The minimum absolute atomic E-state index is 0.171. The van der Waals surface area contributed by atoms with E-state index in [1.165, 1.54) is 16.6 Å². The van der Waals surface area contributed by atoms with Gasteiger partial charge in [0.25, 0.3) is 10.0 Å². The molecule has 2 fully saturated rings. The summed E-state index contributed by atoms with van der Waals surface area (Å²) in [6, 6.07) is 1.49. The van der Waals surface area contributed by atoms with Crippen molar-refractivity contribution >= 4 is 10.0 Å². The second kappa shape index (κ2) is 5.80. The van der Waals surface area contributed by atoms with Crippen LogP contribution in [0, 0.1) is 0 Å². The molecule has 1 atom stereocenters. The lowest BCUT2D eigenvalue weighted by atomic mass is 10.2. The van der Waals surface area contributed by atoms with Crippen molar-refractivity contribution in [3.8, 4) is 0 Å². The van der Waals surface area contributed by atoms with Gasteiger partial charge in [0.1, 0.15) is 0 Å². The van der Waals surface area contributed by atoms with Gasteiger partial charge in [0.05, 0.1) is 12.3 Å². The Hall–Kier alpha value is -0.960. The van der Waals surface area contributed by atoms with Crippen LogP contribution in [0.4, 0.5) is 0 Å². The Balaban J connectivity index is 1.55. The van der Waals surface area contributed by atoms with Gasteiger partial charge in [0, 0.05) is 39.3 Å². The Morgan fingerprint density at radius 1 is 1.35 bits per heavy atom. The minimum Gasteiger partial charge on any atom is -0.377 e. The van der Waals surface area contributed by atoms with Crippen molar-refractivity contribution in [2.24, 2.45) is 0 Å². The molecular formula is C12H20N4O3S. The second-order valence-electron chi connectivity index (χ2n) is 5.26. The van der Waals surface area contributed by atoms with Crippen LogP contribution < -0.4 is 0 Å². The van der Waals surface area contributed by atoms with Crippen molar-refractivity contribution in [3.05, 3.63) is 12.3 Å². The maximum Gasteiger partial charge on any atom is 0.260 e. The van der Waals surface area contributed by atoms with Gasteiger partial charge in [-0.3, -0.25) is 10.00 Å². The van der Waals surface area contributed by atoms with Gasteiger partial charge in [0.2, 0.25) is 0 Å². The number of aromatic nitrogens is 2. The van der Waals surface area contributed by atoms with Crippen LogP contribution in [-0.2, 0) is 14.8 Å². The van der Waals surface area contributed by atoms with E-state index >= 15 is 0 Å². The van der Waals surface area contributed by atoms with E-state index in [0.717, 1.165) is 39.1 Å². The van der Waals surface area contributed by atoms with Crippen molar-refractivity contribution in [1.82, 2.24) is 19.4 Å². The van der Waals surface area contributed by atoms with Crippen LogP contribution in [0.1, 0.15) is 12.8 Å². The molecule has 0 aliphatic carbocycles. The molecule has 112 valence electrons. The first-order valence-electron chi connectivity index (χ1n) is 7.00. The van der Waals surface area contributed by atoms with Crippen molar-refractivity contribution in [2.45, 2.75) is 24.0 Å². The monoisotopic (exact) mass is 300 g/mol. The van der Waals surface area contributed by atoms with Gasteiger partial charge in [-0.15, -0.1) is 0 Å². The van der Waals surface area contributed by atoms with Gasteiger partial charge < -0.3 is 4.74 Å². The molecule has 3 heterocycles. The largest absolute Gasteiger partial charge is 0.377 e. The number of rotatable bonds is 4. The van der Waals surface area contributed by atoms with E-state index < -0.39 is 10.0 Å². The molecule has 1 N–H and O–H groups in total. The predicted molar refractivity (Wildman–Crippen MR) is 72.8 cm³/mol. The molecule has 0 amide bonds. The van der Waals surface area contributed by atoms with Gasteiger partial charge in [-0.25, -0.2) is 8.42 Å². The topological polar surface area (TPSA) is 78.5 Å². The van der Waals surface area contributed by atoms with Gasteiger partial charge in [-0.2, -0.15) is 9.40 Å². The molecule has 2 aliphatic heterocycles. The molecule has 3 rings (SSSR count). The molecule has 0 aromatic carbocycles. The van der Waals surface area contributed by atoms with E-state index in [-0.39, 0.29) is 5.03 Å². The lowest BCUT2D eigenvalue weighted by Crippen LogP contribution is -2.50. The molecule has 1 aromatic rings. The standard InChI is InChI=1S/C12H20N4O3S/c17-20(18,12-3-4-13-14-12)16-7-5-15(6-8-16)10-11-2-1-9-19-11/h3-4,11H,1-2,5-10H2,(H,13,14). The zero-order valence-electron chi connectivity index (χ0n) is 11.4. The third-order valence-corrected chi connectivity index (χ3v) is 5.74. The van der Waals surface area contributed by atoms with E-state index in [1.807, 2.05) is 0 Å². The molecule has 7 nitrogen and oxygen atoms in total. The number of sulfonamides is 1. The number of piperazine rings is 1. The number of ether oxygens (including phenoxy) is 1. The van der Waals surface area contributed by atoms with E-state index in [9.17, 15) is 8.42 Å². The first kappa shape index (κ1) is 14.0. The number of aromatic amines is 1. The molecule has 0 saturated carbocycles. The van der Waals surface area contributed by atoms with Crippen molar-refractivity contribution < 1.29 is 13.2 Å². The summed E-state index contributed by atoms with van der Waals surface area (Å²) < 4.78 is 31.8. The van der Waals surface area contributed by atoms with Gasteiger partial charge in [-0.05, 0) is 18.9 Å². The average Bonchev–Trinajstić information content (AvgIpc) is 3.12. The van der Waals surface area contributed by atoms with Gasteiger partial charge >= 0.3 is 0 Å². The fourth-order valence-electron chi connectivity index (χ4n) is 2.75. The predicted octanol–water partition coefficient (Wildman–Crippen LogP) is -0.105. The molecule has 8 heteroatoms. The third-order valence-electron chi connectivity index (χ3n) is 3.91. The van der Waals surface area contributed by atoms with Crippen molar-refractivity contribution in [3.63, 3.8) is 0 Å². The number of nitrogens with one attached hydrogen (secondary N) is 1. The highest BCUT2D eigenvalue weighted by atomic mass is 32.2. The molecule has 20 heavy (non-hydrogen) atoms. The Morgan fingerprint density at radius 2 is 2.15 bits per heavy atom. The zero-order chi connectivity index (χ0) is 14.0. The van der Waals surface area contributed by atoms with Crippen LogP contribution in [-0.4, -0.2) is 73.3 Å². The lowest BCUT2D eigenvalue weighted by molar-refractivity contribution is 0.0617. The minimum atomic E-state index is -3.41. The zero-order valence-corrected chi connectivity index (χ0v) is 12.2. The van der Waals surface area contributed by atoms with Crippen LogP contribution >= 0.6 is 0 Å². The summed E-state index contributed by atoms with van der Waals surface area (Å²) in [4.78, 5) is 2.29. The summed E-state index contributed by atoms with van der Waals surface area (Å²) in [5.74, 6) is 0. The van der Waals surface area contributed by atoms with Crippen LogP contribution in [0.5, 0.6) is 0 Å². The molecule has 0 bridgehead atoms. The molecule has 2 saturated heterocycles. The first-order chi connectivity index (χ1) is 9.66. The van der Waals surface area contributed by atoms with E-state index in [1.54, 1.807) is 0 Å². The summed E-state index contributed by atoms with van der Waals surface area (Å²) in [6.45, 7) is 4.33. The maximum absolute atomic E-state index is 12.3. The Morgan fingerprint density at radius 3 is 2.75 bits per heavy atom. The van der Waals surface area contributed by atoms with Crippen LogP contribution in [0.3, 0.4) is 0 Å². The Labute approximate surface area is 118 Å². The molecule has 0 spiro atoms. The molecule has 1 unspecified atom stereocenters. The van der Waals surface area contributed by atoms with E-state index in [2.05, 4.69) is 15.1 Å². The summed E-state index contributed by atoms with van der Waals surface area (Å²) in [5, 5.41) is 6.41. The summed E-state index contributed by atoms with van der Waals surface area (Å²) in [6.07, 6.45) is 4.04. The van der Waals surface area contributed by atoms with Crippen LogP contribution in [0.15, 0.2) is 17.3 Å². The van der Waals surface area contributed by atoms with Crippen LogP contribution in [0.25, 0.3) is 0 Å². The normalized spacial score (nSPS) is 26.1. The quantitative estimate of drug-likeness (QED) is 0.840. The number of nitrogens with zero attached hydrogens (tertiary/aromatic N) is 3. The highest BCUT2D eigenvalue weighted by molar-refractivity contribution is 7.89. The smallest absolute Gasteiger partial charge is 0.260 e. The Bertz CT molecular complexity index is 517. The second-order valence-corrected chi connectivity index (χ2v) is 7.17. The molecule has 2 aliphatic rings. The maximum atomic E-state index is 12.3. The first-order valence-corrected chi connectivity index (χ1v) is 8.44. The number of hydrogen-bond acceptors (Lipinski definition) is 5. The fraction of sp³-hybridized carbons (Fsp3) is 0.750. The van der Waals surface area contributed by atoms with Crippen LogP contribution in [0.2, 0.25) is 0 Å². The SMILES string of the molecule is O=S(=O)(c1ccn[nH]1)N1CCN(CC2CCCO2)CC1. The fourth-order valence-corrected chi connectivity index (χ4v) is 4.08. The molecular weight excluding hydrogens is 280 g/mol. The van der Waals surface area contributed by atoms with E-state index in [4.69, 9.17) is 4.74 Å². The average molecular weight is 300 g/mol.